The summed E-state index contributed by atoms with van der Waals surface area (Å²) >= 11 is 11.7. The fraction of sp³-hybridized carbons (Fsp3) is 0.316. The van der Waals surface area contributed by atoms with Crippen molar-refractivity contribution in [2.75, 3.05) is 38.3 Å². The highest BCUT2D eigenvalue weighted by Gasteiger charge is 2.23. The summed E-state index contributed by atoms with van der Waals surface area (Å²) in [5.41, 5.74) is 1.86. The molecule has 0 bridgehead atoms. The molecule has 0 atom stereocenters. The zero-order valence-electron chi connectivity index (χ0n) is 14.6. The van der Waals surface area contributed by atoms with Gasteiger partial charge < -0.3 is 24.6 Å². The molecule has 2 aliphatic heterocycles. The van der Waals surface area contributed by atoms with Crippen molar-refractivity contribution in [1.82, 2.24) is 4.90 Å². The van der Waals surface area contributed by atoms with E-state index < -0.39 is 0 Å². The number of thiocarbonyl (C=S) groups is 1. The van der Waals surface area contributed by atoms with Crippen molar-refractivity contribution in [2.45, 2.75) is 6.54 Å². The smallest absolute Gasteiger partial charge is 0.231 e. The summed E-state index contributed by atoms with van der Waals surface area (Å²) in [6.07, 6.45) is 0. The number of quaternary nitrogens is 1. The second-order valence-electron chi connectivity index (χ2n) is 6.65. The summed E-state index contributed by atoms with van der Waals surface area (Å²) in [7, 11) is 0. The molecule has 2 N–H and O–H groups in total. The predicted octanol–water partition coefficient (Wildman–Crippen LogP) is 2.31. The standard InChI is InChI=1S/C19H19ClFN3O2S/c20-16-9-14(21)2-1-13(16)11-23-5-7-24(8-6-23)19(27)22-15-3-4-17-18(10-15)26-12-25-17/h1-4,9-10H,5-8,11-12H2,(H,22,27)/p+1. The van der Waals surface area contributed by atoms with Crippen molar-refractivity contribution < 1.29 is 18.8 Å². The lowest BCUT2D eigenvalue weighted by Gasteiger charge is -2.34. The third-order valence-electron chi connectivity index (χ3n) is 4.84. The molecule has 2 aromatic carbocycles. The Morgan fingerprint density at radius 3 is 2.70 bits per heavy atom. The summed E-state index contributed by atoms with van der Waals surface area (Å²) in [5, 5.41) is 4.46. The van der Waals surface area contributed by atoms with Gasteiger partial charge in [-0.2, -0.15) is 0 Å². The summed E-state index contributed by atoms with van der Waals surface area (Å²) in [6, 6.07) is 10.3. The third-order valence-corrected chi connectivity index (χ3v) is 5.55. The van der Waals surface area contributed by atoms with Gasteiger partial charge in [0.2, 0.25) is 6.79 Å². The van der Waals surface area contributed by atoms with Crippen LogP contribution in [0.3, 0.4) is 0 Å². The zero-order chi connectivity index (χ0) is 18.8. The van der Waals surface area contributed by atoms with Crippen LogP contribution in [0, 0.1) is 5.82 Å². The fourth-order valence-corrected chi connectivity index (χ4v) is 3.85. The molecular weight excluding hydrogens is 389 g/mol. The van der Waals surface area contributed by atoms with Gasteiger partial charge in [-0.05, 0) is 42.5 Å². The number of rotatable bonds is 3. The van der Waals surface area contributed by atoms with Crippen LogP contribution >= 0.6 is 23.8 Å². The minimum absolute atomic E-state index is 0.256. The van der Waals surface area contributed by atoms with Gasteiger partial charge in [0.25, 0.3) is 0 Å². The molecule has 142 valence electrons. The first-order valence-corrected chi connectivity index (χ1v) is 9.60. The van der Waals surface area contributed by atoms with E-state index in [-0.39, 0.29) is 12.6 Å². The van der Waals surface area contributed by atoms with Gasteiger partial charge in [0.15, 0.2) is 16.6 Å². The number of anilines is 1. The molecule has 2 heterocycles. The Bertz CT molecular complexity index is 859. The highest BCUT2D eigenvalue weighted by atomic mass is 35.5. The molecule has 4 rings (SSSR count). The van der Waals surface area contributed by atoms with Crippen molar-refractivity contribution in [3.8, 4) is 11.5 Å². The minimum Gasteiger partial charge on any atom is -0.454 e. The molecule has 27 heavy (non-hydrogen) atoms. The highest BCUT2D eigenvalue weighted by Crippen LogP contribution is 2.34. The number of nitrogens with zero attached hydrogens (tertiary/aromatic N) is 1. The van der Waals surface area contributed by atoms with E-state index >= 15 is 0 Å². The van der Waals surface area contributed by atoms with Gasteiger partial charge in [-0.15, -0.1) is 0 Å². The van der Waals surface area contributed by atoms with Crippen LogP contribution in [0.5, 0.6) is 11.5 Å². The number of piperazine rings is 1. The van der Waals surface area contributed by atoms with E-state index in [0.29, 0.717) is 10.1 Å². The molecule has 0 aliphatic carbocycles. The Kier molecular flexibility index (Phi) is 5.33. The highest BCUT2D eigenvalue weighted by molar-refractivity contribution is 7.80. The van der Waals surface area contributed by atoms with Crippen LogP contribution in [0.15, 0.2) is 36.4 Å². The van der Waals surface area contributed by atoms with Crippen LogP contribution in [0.1, 0.15) is 5.56 Å². The van der Waals surface area contributed by atoms with Gasteiger partial charge in [0, 0.05) is 17.3 Å². The number of nitrogens with one attached hydrogen (secondary N) is 2. The Hall–Kier alpha value is -2.09. The Labute approximate surface area is 167 Å². The third kappa shape index (κ3) is 4.26. The van der Waals surface area contributed by atoms with E-state index in [2.05, 4.69) is 10.2 Å². The van der Waals surface area contributed by atoms with Crippen molar-refractivity contribution in [2.24, 2.45) is 0 Å². The summed E-state index contributed by atoms with van der Waals surface area (Å²) < 4.78 is 23.9. The maximum absolute atomic E-state index is 13.2. The van der Waals surface area contributed by atoms with E-state index in [4.69, 9.17) is 33.3 Å². The largest absolute Gasteiger partial charge is 0.454 e. The van der Waals surface area contributed by atoms with Gasteiger partial charge in [-0.25, -0.2) is 4.39 Å². The lowest BCUT2D eigenvalue weighted by atomic mass is 10.2. The average molecular weight is 409 g/mol. The predicted molar refractivity (Wildman–Crippen MR) is 106 cm³/mol. The van der Waals surface area contributed by atoms with Crippen LogP contribution in [0.4, 0.5) is 10.1 Å². The van der Waals surface area contributed by atoms with Crippen molar-refractivity contribution in [1.29, 1.82) is 0 Å². The second kappa shape index (κ2) is 7.88. The van der Waals surface area contributed by atoms with Crippen LogP contribution < -0.4 is 19.7 Å². The molecule has 0 unspecified atom stereocenters. The number of hydrogen-bond donors (Lipinski definition) is 2. The molecule has 2 aliphatic rings. The molecule has 8 heteroatoms. The quantitative estimate of drug-likeness (QED) is 0.762. The molecule has 0 saturated carbocycles. The zero-order valence-corrected chi connectivity index (χ0v) is 16.2. The van der Waals surface area contributed by atoms with Crippen LogP contribution in [0.25, 0.3) is 0 Å². The van der Waals surface area contributed by atoms with E-state index in [9.17, 15) is 4.39 Å². The summed E-state index contributed by atoms with van der Waals surface area (Å²) in [6.45, 7) is 4.63. The molecule has 1 saturated heterocycles. The first-order chi connectivity index (χ1) is 13.1. The minimum atomic E-state index is -0.302. The molecule has 0 radical (unpaired) electrons. The number of ether oxygens (including phenoxy) is 2. The van der Waals surface area contributed by atoms with E-state index in [1.165, 1.54) is 17.0 Å². The molecule has 0 aromatic heterocycles. The SMILES string of the molecule is Fc1ccc(C[NH+]2CCN(C(=S)Nc3ccc4c(c3)OCO4)CC2)c(Cl)c1. The van der Waals surface area contributed by atoms with Gasteiger partial charge in [-0.3, -0.25) is 0 Å². The number of benzene rings is 2. The number of hydrogen-bond acceptors (Lipinski definition) is 3. The topological polar surface area (TPSA) is 38.2 Å². The van der Waals surface area contributed by atoms with E-state index in [1.807, 2.05) is 18.2 Å². The van der Waals surface area contributed by atoms with Crippen LogP contribution in [-0.2, 0) is 6.54 Å². The summed E-state index contributed by atoms with van der Waals surface area (Å²) in [4.78, 5) is 3.57. The van der Waals surface area contributed by atoms with Crippen molar-refractivity contribution >= 4 is 34.6 Å². The monoisotopic (exact) mass is 408 g/mol. The first kappa shape index (κ1) is 18.3. The van der Waals surface area contributed by atoms with Gasteiger partial charge in [0.1, 0.15) is 12.4 Å². The first-order valence-electron chi connectivity index (χ1n) is 8.81. The summed E-state index contributed by atoms with van der Waals surface area (Å²) in [5.74, 6) is 1.18. The van der Waals surface area contributed by atoms with Crippen molar-refractivity contribution in [3.05, 3.63) is 52.8 Å². The van der Waals surface area contributed by atoms with Crippen LogP contribution in [0.2, 0.25) is 5.02 Å². The molecule has 2 aromatic rings. The van der Waals surface area contributed by atoms with E-state index in [0.717, 1.165) is 55.5 Å². The molecule has 1 fully saturated rings. The molecule has 0 spiro atoms. The molecule has 0 amide bonds. The Morgan fingerprint density at radius 1 is 1.15 bits per heavy atom. The van der Waals surface area contributed by atoms with Gasteiger partial charge >= 0.3 is 0 Å². The van der Waals surface area contributed by atoms with Gasteiger partial charge in [-0.1, -0.05) is 11.6 Å². The van der Waals surface area contributed by atoms with Crippen LogP contribution in [-0.4, -0.2) is 43.0 Å². The number of fused-ring (bicyclic) bond motifs is 1. The molecule has 5 nitrogen and oxygen atoms in total. The second-order valence-corrected chi connectivity index (χ2v) is 7.44. The Morgan fingerprint density at radius 2 is 1.93 bits per heavy atom. The normalized spacial score (nSPS) is 16.4. The fourth-order valence-electron chi connectivity index (χ4n) is 3.31. The average Bonchev–Trinajstić information content (AvgIpc) is 3.12. The van der Waals surface area contributed by atoms with E-state index in [1.54, 1.807) is 6.07 Å². The maximum atomic E-state index is 13.2. The molecular formula is C19H20ClFN3O2S+. The lowest BCUT2D eigenvalue weighted by molar-refractivity contribution is -0.917. The lowest BCUT2D eigenvalue weighted by Crippen LogP contribution is -3.13. The van der Waals surface area contributed by atoms with Crippen molar-refractivity contribution in [3.63, 3.8) is 0 Å². The van der Waals surface area contributed by atoms with Gasteiger partial charge in [0.05, 0.1) is 31.2 Å². The Balaban J connectivity index is 1.30. The maximum Gasteiger partial charge on any atom is 0.231 e. The number of halogens is 2.